The molecule has 0 saturated carbocycles. The Morgan fingerprint density at radius 3 is 0.986 bits per heavy atom. The molecule has 2 unspecified atom stereocenters. The van der Waals surface area contributed by atoms with Crippen molar-refractivity contribution in [3.05, 3.63) is 24.3 Å². The number of aliphatic hydroxyl groups is 2. The van der Waals surface area contributed by atoms with Gasteiger partial charge in [-0.05, 0) is 57.8 Å². The lowest BCUT2D eigenvalue weighted by Gasteiger charge is -2.20. The molecule has 6 nitrogen and oxygen atoms in total. The van der Waals surface area contributed by atoms with E-state index in [2.05, 4.69) is 31.3 Å². The predicted octanol–water partition coefficient (Wildman–Crippen LogP) is 20.6. The number of unbranched alkanes of at least 4 members (excludes halogenated alkanes) is 48. The van der Waals surface area contributed by atoms with Crippen molar-refractivity contribution in [2.24, 2.45) is 0 Å². The number of carbonyl (C=O) groups is 2. The first-order valence-electron chi connectivity index (χ1n) is 32.6. The highest BCUT2D eigenvalue weighted by Gasteiger charge is 2.18. The Balaban J connectivity index is 3.45. The fraction of sp³-hybridized carbons (Fsp3) is 0.909. The topological polar surface area (TPSA) is 95.9 Å². The summed E-state index contributed by atoms with van der Waals surface area (Å²) in [5.41, 5.74) is 0. The van der Waals surface area contributed by atoms with Crippen LogP contribution in [0.2, 0.25) is 0 Å². The number of nitrogens with one attached hydrogen (secondary N) is 1. The molecule has 0 heterocycles. The van der Waals surface area contributed by atoms with Gasteiger partial charge >= 0.3 is 5.97 Å². The minimum Gasteiger partial charge on any atom is -0.466 e. The normalized spacial score (nSPS) is 12.7. The zero-order valence-electron chi connectivity index (χ0n) is 48.7. The molecule has 1 amide bonds. The van der Waals surface area contributed by atoms with Crippen LogP contribution in [0.1, 0.15) is 361 Å². The molecule has 0 spiro atoms. The zero-order valence-corrected chi connectivity index (χ0v) is 48.7. The number of hydrogen-bond donors (Lipinski definition) is 3. The molecule has 426 valence electrons. The van der Waals surface area contributed by atoms with Gasteiger partial charge in [0.15, 0.2) is 0 Å². The van der Waals surface area contributed by atoms with Crippen LogP contribution in [-0.4, -0.2) is 47.4 Å². The van der Waals surface area contributed by atoms with Gasteiger partial charge in [0, 0.05) is 12.8 Å². The molecule has 0 radical (unpaired) electrons. The van der Waals surface area contributed by atoms with E-state index in [4.69, 9.17) is 4.74 Å². The van der Waals surface area contributed by atoms with E-state index in [1.165, 1.54) is 289 Å². The van der Waals surface area contributed by atoms with Crippen molar-refractivity contribution in [3.8, 4) is 0 Å². The highest BCUT2D eigenvalue weighted by atomic mass is 16.5. The van der Waals surface area contributed by atoms with E-state index in [0.717, 1.165) is 44.9 Å². The van der Waals surface area contributed by atoms with Crippen LogP contribution in [0.15, 0.2) is 24.3 Å². The Bertz CT molecular complexity index is 1120. The van der Waals surface area contributed by atoms with Crippen molar-refractivity contribution in [3.63, 3.8) is 0 Å². The van der Waals surface area contributed by atoms with E-state index in [0.29, 0.717) is 19.4 Å². The molecule has 0 rings (SSSR count). The van der Waals surface area contributed by atoms with Crippen LogP contribution in [0, 0.1) is 0 Å². The lowest BCUT2D eigenvalue weighted by Crippen LogP contribution is -2.45. The first kappa shape index (κ1) is 70.3. The second-order valence-corrected chi connectivity index (χ2v) is 22.5. The second-order valence-electron chi connectivity index (χ2n) is 22.5. The molecule has 0 aromatic rings. The van der Waals surface area contributed by atoms with Gasteiger partial charge in [-0.25, -0.2) is 0 Å². The molecule has 72 heavy (non-hydrogen) atoms. The van der Waals surface area contributed by atoms with Crippen molar-refractivity contribution in [2.75, 3.05) is 13.2 Å². The number of esters is 1. The van der Waals surface area contributed by atoms with Gasteiger partial charge < -0.3 is 20.3 Å². The van der Waals surface area contributed by atoms with E-state index in [-0.39, 0.29) is 18.5 Å². The van der Waals surface area contributed by atoms with E-state index in [1.54, 1.807) is 6.08 Å². The van der Waals surface area contributed by atoms with Crippen LogP contribution in [0.4, 0.5) is 0 Å². The summed E-state index contributed by atoms with van der Waals surface area (Å²) in [6.07, 6.45) is 76.6. The Hall–Kier alpha value is -1.66. The Morgan fingerprint density at radius 1 is 0.375 bits per heavy atom. The first-order chi connectivity index (χ1) is 35.5. The van der Waals surface area contributed by atoms with Crippen LogP contribution in [0.5, 0.6) is 0 Å². The van der Waals surface area contributed by atoms with E-state index in [9.17, 15) is 19.8 Å². The highest BCUT2D eigenvalue weighted by Crippen LogP contribution is 2.18. The number of aliphatic hydroxyl groups excluding tert-OH is 2. The first-order valence-corrected chi connectivity index (χ1v) is 32.6. The molecule has 6 heteroatoms. The molecule has 0 aliphatic rings. The van der Waals surface area contributed by atoms with Crippen LogP contribution in [0.3, 0.4) is 0 Å². The maximum atomic E-state index is 12.5. The molecule has 0 aromatic heterocycles. The number of allylic oxidation sites excluding steroid dienone is 3. The van der Waals surface area contributed by atoms with Crippen molar-refractivity contribution in [2.45, 2.75) is 373 Å². The standard InChI is InChI=1S/C66H127NO5/c1-3-5-7-9-11-13-15-16-17-18-19-20-23-26-29-32-35-39-42-46-50-54-58-64(69)63(62-68)67-65(70)59-55-51-47-43-40-36-33-30-27-24-21-22-25-28-31-34-37-41-45-49-53-57-61-72-66(71)60-56-52-48-44-38-14-12-10-8-6-4-2/h24,27,54,58,63-64,68-69H,3-23,25-26,28-53,55-57,59-62H2,1-2H3,(H,67,70)/b27-24-,58-54+. The van der Waals surface area contributed by atoms with E-state index >= 15 is 0 Å². The van der Waals surface area contributed by atoms with Crippen molar-refractivity contribution >= 4 is 11.9 Å². The summed E-state index contributed by atoms with van der Waals surface area (Å²) in [5, 5.41) is 23.2. The van der Waals surface area contributed by atoms with Crippen LogP contribution < -0.4 is 5.32 Å². The third kappa shape index (κ3) is 57.6. The van der Waals surface area contributed by atoms with Gasteiger partial charge in [-0.1, -0.05) is 314 Å². The van der Waals surface area contributed by atoms with Gasteiger partial charge in [0.1, 0.15) is 0 Å². The minimum absolute atomic E-state index is 0.00959. The van der Waals surface area contributed by atoms with Crippen molar-refractivity contribution in [1.82, 2.24) is 5.32 Å². The predicted molar refractivity (Wildman–Crippen MR) is 315 cm³/mol. The summed E-state index contributed by atoms with van der Waals surface area (Å²) in [6.45, 7) is 4.92. The molecular weight excluding hydrogens is 887 g/mol. The maximum absolute atomic E-state index is 12.5. The fourth-order valence-corrected chi connectivity index (χ4v) is 10.2. The van der Waals surface area contributed by atoms with Crippen LogP contribution >= 0.6 is 0 Å². The molecule has 0 bridgehead atoms. The molecule has 0 saturated heterocycles. The molecule has 2 atom stereocenters. The maximum Gasteiger partial charge on any atom is 0.305 e. The SMILES string of the molecule is CCCCCCCCCCCCCCCCCCCCCC/C=C/C(O)C(CO)NC(=O)CCCCCCCCC/C=C\CCCCCCCCCCCCCOC(=O)CCCCCCCCCCCCC. The fourth-order valence-electron chi connectivity index (χ4n) is 10.2. The van der Waals surface area contributed by atoms with Crippen LogP contribution in [-0.2, 0) is 14.3 Å². The average molecular weight is 1010 g/mol. The second kappa shape index (κ2) is 61.9. The van der Waals surface area contributed by atoms with Gasteiger partial charge in [0.05, 0.1) is 25.4 Å². The summed E-state index contributed by atoms with van der Waals surface area (Å²) < 4.78 is 5.47. The third-order valence-electron chi connectivity index (χ3n) is 15.2. The molecular formula is C66H127NO5. The van der Waals surface area contributed by atoms with Crippen LogP contribution in [0.25, 0.3) is 0 Å². The third-order valence-corrected chi connectivity index (χ3v) is 15.2. The average Bonchev–Trinajstić information content (AvgIpc) is 3.38. The Labute approximate surface area is 450 Å². The molecule has 0 fully saturated rings. The van der Waals surface area contributed by atoms with E-state index < -0.39 is 12.1 Å². The molecule has 0 aromatic carbocycles. The monoisotopic (exact) mass is 1010 g/mol. The lowest BCUT2D eigenvalue weighted by atomic mass is 10.0. The molecule has 0 aliphatic carbocycles. The minimum atomic E-state index is -0.850. The van der Waals surface area contributed by atoms with Gasteiger partial charge in [-0.2, -0.15) is 0 Å². The van der Waals surface area contributed by atoms with Crippen molar-refractivity contribution < 1.29 is 24.5 Å². The molecule has 3 N–H and O–H groups in total. The summed E-state index contributed by atoms with van der Waals surface area (Å²) in [6, 6.07) is -0.634. The largest absolute Gasteiger partial charge is 0.466 e. The Kier molecular flexibility index (Phi) is 60.5. The quantitative estimate of drug-likeness (QED) is 0.0320. The summed E-state index contributed by atoms with van der Waals surface area (Å²) in [5.74, 6) is -0.0618. The number of rotatable bonds is 61. The zero-order chi connectivity index (χ0) is 52.2. The highest BCUT2D eigenvalue weighted by molar-refractivity contribution is 5.76. The summed E-state index contributed by atoms with van der Waals surface area (Å²) in [4.78, 5) is 24.5. The Morgan fingerprint density at radius 2 is 0.653 bits per heavy atom. The van der Waals surface area contributed by atoms with Gasteiger partial charge in [-0.15, -0.1) is 0 Å². The smallest absolute Gasteiger partial charge is 0.305 e. The summed E-state index contributed by atoms with van der Waals surface area (Å²) in [7, 11) is 0. The molecule has 0 aliphatic heterocycles. The van der Waals surface area contributed by atoms with Gasteiger partial charge in [0.25, 0.3) is 0 Å². The van der Waals surface area contributed by atoms with Crippen molar-refractivity contribution in [1.29, 1.82) is 0 Å². The number of hydrogen-bond acceptors (Lipinski definition) is 5. The lowest BCUT2D eigenvalue weighted by molar-refractivity contribution is -0.143. The number of carbonyl (C=O) groups excluding carboxylic acids is 2. The van der Waals surface area contributed by atoms with Gasteiger partial charge in [0.2, 0.25) is 5.91 Å². The number of ether oxygens (including phenoxy) is 1. The van der Waals surface area contributed by atoms with Gasteiger partial charge in [-0.3, -0.25) is 9.59 Å². The summed E-state index contributed by atoms with van der Waals surface area (Å²) >= 11 is 0. The van der Waals surface area contributed by atoms with E-state index in [1.807, 2.05) is 6.08 Å². The number of amides is 1.